The summed E-state index contributed by atoms with van der Waals surface area (Å²) in [4.78, 5) is 22.7. The van der Waals surface area contributed by atoms with Crippen molar-refractivity contribution >= 4 is 29.0 Å². The van der Waals surface area contributed by atoms with Crippen LogP contribution in [0.1, 0.15) is 17.3 Å². The second kappa shape index (κ2) is 4.14. The molecule has 0 fully saturated rings. The number of alkyl halides is 1. The summed E-state index contributed by atoms with van der Waals surface area (Å²) in [6.07, 6.45) is -0.512. The van der Waals surface area contributed by atoms with Gasteiger partial charge in [0.1, 0.15) is 5.75 Å². The molecule has 16 heavy (non-hydrogen) atoms. The van der Waals surface area contributed by atoms with Gasteiger partial charge in [0.2, 0.25) is 0 Å². The molecule has 0 unspecified atom stereocenters. The molecule has 0 saturated heterocycles. The van der Waals surface area contributed by atoms with Gasteiger partial charge in [0, 0.05) is 5.56 Å². The van der Waals surface area contributed by atoms with Crippen molar-refractivity contribution in [3.05, 3.63) is 23.8 Å². The van der Waals surface area contributed by atoms with E-state index in [1.165, 1.54) is 0 Å². The normalized spacial score (nSPS) is 18.4. The first-order valence-corrected chi connectivity index (χ1v) is 5.36. The molecule has 4 nitrogen and oxygen atoms in total. The predicted octanol–water partition coefficient (Wildman–Crippen LogP) is 1.83. The second-order valence-corrected chi connectivity index (χ2v) is 3.78. The fourth-order valence-electron chi connectivity index (χ4n) is 1.46. The fraction of sp³-hybridized carbons (Fsp3) is 0.273. The molecule has 1 atom stereocenters. The molecule has 0 radical (unpaired) electrons. The number of fused-ring (bicyclic) bond motifs is 1. The first-order valence-electron chi connectivity index (χ1n) is 4.82. The van der Waals surface area contributed by atoms with Crippen molar-refractivity contribution < 1.29 is 14.3 Å². The van der Waals surface area contributed by atoms with Gasteiger partial charge in [-0.25, -0.2) is 0 Å². The molecule has 1 amide bonds. The van der Waals surface area contributed by atoms with Gasteiger partial charge in [-0.15, -0.1) is 11.6 Å². The quantitative estimate of drug-likeness (QED) is 0.633. The van der Waals surface area contributed by atoms with Crippen LogP contribution in [0.2, 0.25) is 0 Å². The molecule has 1 aromatic carbocycles. The van der Waals surface area contributed by atoms with Crippen molar-refractivity contribution in [3.8, 4) is 5.75 Å². The SMILES string of the molecule is C[C@@H]1Oc2ccc(C(=O)CCl)cc2NC1=O. The van der Waals surface area contributed by atoms with Crippen LogP contribution in [-0.4, -0.2) is 23.7 Å². The highest BCUT2D eigenvalue weighted by Crippen LogP contribution is 2.30. The number of carbonyl (C=O) groups is 2. The highest BCUT2D eigenvalue weighted by atomic mass is 35.5. The lowest BCUT2D eigenvalue weighted by Gasteiger charge is -2.23. The summed E-state index contributed by atoms with van der Waals surface area (Å²) in [5.41, 5.74) is 0.978. The minimum absolute atomic E-state index is 0.0794. The molecule has 0 aromatic heterocycles. The number of hydrogen-bond acceptors (Lipinski definition) is 3. The maximum Gasteiger partial charge on any atom is 0.265 e. The van der Waals surface area contributed by atoms with Crippen molar-refractivity contribution in [3.63, 3.8) is 0 Å². The number of benzene rings is 1. The van der Waals surface area contributed by atoms with Gasteiger partial charge < -0.3 is 10.1 Å². The highest BCUT2D eigenvalue weighted by molar-refractivity contribution is 6.30. The molecule has 1 aromatic rings. The molecule has 1 N–H and O–H groups in total. The monoisotopic (exact) mass is 239 g/mol. The summed E-state index contributed by atoms with van der Waals surface area (Å²) in [5, 5.41) is 2.67. The maximum atomic E-state index is 11.4. The number of Topliss-reactive ketones (excluding diaryl/α,β-unsaturated/α-hetero) is 1. The molecule has 84 valence electrons. The predicted molar refractivity (Wildman–Crippen MR) is 60.2 cm³/mol. The zero-order chi connectivity index (χ0) is 11.7. The Morgan fingerprint density at radius 2 is 2.31 bits per heavy atom. The number of nitrogens with one attached hydrogen (secondary N) is 1. The van der Waals surface area contributed by atoms with E-state index in [1.54, 1.807) is 25.1 Å². The van der Waals surface area contributed by atoms with E-state index in [0.29, 0.717) is 17.0 Å². The summed E-state index contributed by atoms with van der Waals surface area (Å²) in [6, 6.07) is 4.86. The van der Waals surface area contributed by atoms with Crippen LogP contribution in [-0.2, 0) is 4.79 Å². The summed E-state index contributed by atoms with van der Waals surface area (Å²) >= 11 is 5.45. The van der Waals surface area contributed by atoms with E-state index in [4.69, 9.17) is 16.3 Å². The van der Waals surface area contributed by atoms with E-state index >= 15 is 0 Å². The van der Waals surface area contributed by atoms with Crippen LogP contribution in [0.15, 0.2) is 18.2 Å². The minimum Gasteiger partial charge on any atom is -0.479 e. The molecule has 0 aliphatic carbocycles. The van der Waals surface area contributed by atoms with Crippen LogP contribution in [0, 0.1) is 0 Å². The number of halogens is 1. The lowest BCUT2D eigenvalue weighted by molar-refractivity contribution is -0.122. The zero-order valence-corrected chi connectivity index (χ0v) is 9.38. The van der Waals surface area contributed by atoms with Crippen LogP contribution >= 0.6 is 11.6 Å². The van der Waals surface area contributed by atoms with Crippen LogP contribution in [0.25, 0.3) is 0 Å². The average molecular weight is 240 g/mol. The summed E-state index contributed by atoms with van der Waals surface area (Å²) in [7, 11) is 0. The van der Waals surface area contributed by atoms with Crippen molar-refractivity contribution in [1.82, 2.24) is 0 Å². The van der Waals surface area contributed by atoms with Gasteiger partial charge in [-0.2, -0.15) is 0 Å². The lowest BCUT2D eigenvalue weighted by Crippen LogP contribution is -2.34. The first-order chi connectivity index (χ1) is 7.61. The van der Waals surface area contributed by atoms with Crippen molar-refractivity contribution in [1.29, 1.82) is 0 Å². The van der Waals surface area contributed by atoms with Gasteiger partial charge in [0.15, 0.2) is 11.9 Å². The van der Waals surface area contributed by atoms with E-state index in [2.05, 4.69) is 5.32 Å². The van der Waals surface area contributed by atoms with E-state index in [9.17, 15) is 9.59 Å². The number of ether oxygens (including phenoxy) is 1. The molecule has 0 spiro atoms. The molecular formula is C11H10ClNO3. The summed E-state index contributed by atoms with van der Waals surface area (Å²) < 4.78 is 5.36. The Labute approximate surface area is 97.5 Å². The number of carbonyl (C=O) groups excluding carboxylic acids is 2. The average Bonchev–Trinajstić information content (AvgIpc) is 2.29. The fourth-order valence-corrected chi connectivity index (χ4v) is 1.61. The Bertz CT molecular complexity index is 459. The Morgan fingerprint density at radius 1 is 1.56 bits per heavy atom. The molecule has 1 aliphatic heterocycles. The number of ketones is 1. The molecular weight excluding hydrogens is 230 g/mol. The summed E-state index contributed by atoms with van der Waals surface area (Å²) in [5.74, 6) is 0.0859. The van der Waals surface area contributed by atoms with Gasteiger partial charge in [-0.05, 0) is 25.1 Å². The second-order valence-electron chi connectivity index (χ2n) is 3.52. The third-order valence-corrected chi connectivity index (χ3v) is 2.60. The van der Waals surface area contributed by atoms with Gasteiger partial charge in [-0.1, -0.05) is 0 Å². The molecule has 5 heteroatoms. The van der Waals surface area contributed by atoms with Crippen LogP contribution in [0.5, 0.6) is 5.75 Å². The highest BCUT2D eigenvalue weighted by Gasteiger charge is 2.23. The van der Waals surface area contributed by atoms with E-state index in [-0.39, 0.29) is 17.6 Å². The zero-order valence-electron chi connectivity index (χ0n) is 8.62. The van der Waals surface area contributed by atoms with Gasteiger partial charge in [0.25, 0.3) is 5.91 Å². The maximum absolute atomic E-state index is 11.4. The molecule has 0 bridgehead atoms. The Hall–Kier alpha value is -1.55. The van der Waals surface area contributed by atoms with Crippen molar-refractivity contribution in [2.45, 2.75) is 13.0 Å². The number of hydrogen-bond donors (Lipinski definition) is 1. The molecule has 0 saturated carbocycles. The van der Waals surface area contributed by atoms with Gasteiger partial charge in [0.05, 0.1) is 11.6 Å². The Morgan fingerprint density at radius 3 is 3.00 bits per heavy atom. The number of rotatable bonds is 2. The third-order valence-electron chi connectivity index (χ3n) is 2.35. The molecule has 2 rings (SSSR count). The van der Waals surface area contributed by atoms with Crippen molar-refractivity contribution in [2.24, 2.45) is 0 Å². The summed E-state index contributed by atoms with van der Waals surface area (Å²) in [6.45, 7) is 1.66. The molecule has 1 heterocycles. The smallest absolute Gasteiger partial charge is 0.265 e. The Balaban J connectivity index is 2.36. The van der Waals surface area contributed by atoms with E-state index in [1.807, 2.05) is 0 Å². The number of amides is 1. The number of anilines is 1. The third kappa shape index (κ3) is 1.88. The van der Waals surface area contributed by atoms with Crippen LogP contribution < -0.4 is 10.1 Å². The lowest BCUT2D eigenvalue weighted by atomic mass is 10.1. The molecule has 1 aliphatic rings. The van der Waals surface area contributed by atoms with Crippen LogP contribution in [0.4, 0.5) is 5.69 Å². The topological polar surface area (TPSA) is 55.4 Å². The largest absolute Gasteiger partial charge is 0.479 e. The first kappa shape index (κ1) is 11.0. The van der Waals surface area contributed by atoms with Gasteiger partial charge >= 0.3 is 0 Å². The standard InChI is InChI=1S/C11H10ClNO3/c1-6-11(15)13-8-4-7(9(14)5-12)2-3-10(8)16-6/h2-4,6H,5H2,1H3,(H,13,15)/t6-/m0/s1. The van der Waals surface area contributed by atoms with Crippen LogP contribution in [0.3, 0.4) is 0 Å². The van der Waals surface area contributed by atoms with Gasteiger partial charge in [-0.3, -0.25) is 9.59 Å². The Kier molecular flexibility index (Phi) is 2.83. The minimum atomic E-state index is -0.512. The van der Waals surface area contributed by atoms with Crippen molar-refractivity contribution in [2.75, 3.05) is 11.2 Å². The van der Waals surface area contributed by atoms with E-state index < -0.39 is 6.10 Å². The van der Waals surface area contributed by atoms with E-state index in [0.717, 1.165) is 0 Å².